The summed E-state index contributed by atoms with van der Waals surface area (Å²) in [6.45, 7) is 2.01. The highest BCUT2D eigenvalue weighted by Gasteiger charge is 2.41. The molecule has 0 amide bonds. The molecule has 1 aromatic rings. The highest BCUT2D eigenvalue weighted by atomic mass is 35.5. The summed E-state index contributed by atoms with van der Waals surface area (Å²) in [5.41, 5.74) is 1.07. The molecule has 0 radical (unpaired) electrons. The van der Waals surface area contributed by atoms with E-state index >= 15 is 0 Å². The normalized spacial score (nSPS) is 18.5. The van der Waals surface area contributed by atoms with Crippen LogP contribution in [-0.4, -0.2) is 20.9 Å². The number of aryl methyl sites for hydroxylation is 2. The fraction of sp³-hybridized carbons (Fsp3) is 0.714. The van der Waals surface area contributed by atoms with E-state index in [0.717, 1.165) is 49.9 Å². The third-order valence-electron chi connectivity index (χ3n) is 4.27. The Kier molecular flexibility index (Phi) is 4.19. The van der Waals surface area contributed by atoms with Gasteiger partial charge >= 0.3 is 5.97 Å². The van der Waals surface area contributed by atoms with Gasteiger partial charge in [0.1, 0.15) is 0 Å². The second-order valence-corrected chi connectivity index (χ2v) is 5.89. The van der Waals surface area contributed by atoms with Crippen LogP contribution in [0.3, 0.4) is 0 Å². The van der Waals surface area contributed by atoms with Crippen molar-refractivity contribution in [2.45, 2.75) is 51.9 Å². The molecule has 106 valence electrons. The minimum atomic E-state index is -0.692. The van der Waals surface area contributed by atoms with Crippen LogP contribution in [0.4, 0.5) is 0 Å². The molecular formula is C14H21ClN2O2. The molecule has 1 aromatic heterocycles. The van der Waals surface area contributed by atoms with Gasteiger partial charge in [0.05, 0.1) is 21.8 Å². The van der Waals surface area contributed by atoms with Crippen LogP contribution in [0.1, 0.15) is 50.4 Å². The lowest BCUT2D eigenvalue weighted by atomic mass is 9.71. The molecule has 2 rings (SSSR count). The Bertz CT molecular complexity index is 476. The lowest BCUT2D eigenvalue weighted by Gasteiger charge is -2.33. The van der Waals surface area contributed by atoms with Crippen molar-refractivity contribution >= 4 is 17.6 Å². The summed E-state index contributed by atoms with van der Waals surface area (Å²) in [7, 11) is 1.85. The lowest BCUT2D eigenvalue weighted by molar-refractivity contribution is -0.151. The highest BCUT2D eigenvalue weighted by molar-refractivity contribution is 6.31. The van der Waals surface area contributed by atoms with Crippen LogP contribution in [0, 0.1) is 5.41 Å². The van der Waals surface area contributed by atoms with Crippen molar-refractivity contribution in [1.82, 2.24) is 9.78 Å². The zero-order valence-corrected chi connectivity index (χ0v) is 12.3. The molecule has 1 aliphatic rings. The van der Waals surface area contributed by atoms with Crippen LogP contribution < -0.4 is 0 Å². The van der Waals surface area contributed by atoms with Gasteiger partial charge in [-0.3, -0.25) is 9.48 Å². The summed E-state index contributed by atoms with van der Waals surface area (Å²) >= 11 is 6.34. The van der Waals surface area contributed by atoms with Gasteiger partial charge in [0.2, 0.25) is 0 Å². The first-order valence-electron chi connectivity index (χ1n) is 6.94. The van der Waals surface area contributed by atoms with E-state index in [1.165, 1.54) is 0 Å². The van der Waals surface area contributed by atoms with E-state index in [2.05, 4.69) is 5.10 Å². The third-order valence-corrected chi connectivity index (χ3v) is 4.71. The Hall–Kier alpha value is -1.03. The van der Waals surface area contributed by atoms with E-state index in [4.69, 9.17) is 11.6 Å². The zero-order chi connectivity index (χ0) is 14.0. The van der Waals surface area contributed by atoms with Crippen LogP contribution >= 0.6 is 11.6 Å². The average molecular weight is 285 g/mol. The van der Waals surface area contributed by atoms with Gasteiger partial charge in [-0.05, 0) is 19.3 Å². The Balaban J connectivity index is 2.32. The van der Waals surface area contributed by atoms with Crippen molar-refractivity contribution in [3.63, 3.8) is 0 Å². The van der Waals surface area contributed by atoms with Gasteiger partial charge in [0.25, 0.3) is 0 Å². The molecule has 1 N–H and O–H groups in total. The summed E-state index contributed by atoms with van der Waals surface area (Å²) in [6, 6.07) is 0. The van der Waals surface area contributed by atoms with Gasteiger partial charge in [0.15, 0.2) is 0 Å². The molecule has 0 aromatic carbocycles. The number of carboxylic acid groups (broad SMARTS) is 1. The molecule has 1 saturated carbocycles. The largest absolute Gasteiger partial charge is 0.481 e. The predicted octanol–water partition coefficient (Wildman–Crippen LogP) is 3.21. The molecule has 0 saturated heterocycles. The Labute approximate surface area is 118 Å². The van der Waals surface area contributed by atoms with Crippen molar-refractivity contribution in [1.29, 1.82) is 0 Å². The van der Waals surface area contributed by atoms with Gasteiger partial charge in [-0.25, -0.2) is 0 Å². The monoisotopic (exact) mass is 284 g/mol. The second-order valence-electron chi connectivity index (χ2n) is 5.51. The second kappa shape index (κ2) is 5.53. The molecule has 0 atom stereocenters. The Morgan fingerprint density at radius 1 is 1.42 bits per heavy atom. The lowest BCUT2D eigenvalue weighted by Crippen LogP contribution is -2.36. The summed E-state index contributed by atoms with van der Waals surface area (Å²) in [6.07, 6.45) is 5.85. The smallest absolute Gasteiger partial charge is 0.310 e. The molecular weight excluding hydrogens is 264 g/mol. The van der Waals surface area contributed by atoms with Crippen LogP contribution in [0.15, 0.2) is 0 Å². The minimum absolute atomic E-state index is 0.491. The molecule has 0 spiro atoms. The first kappa shape index (κ1) is 14.4. The number of halogens is 1. The number of aromatic nitrogens is 2. The van der Waals surface area contributed by atoms with Gasteiger partial charge in [-0.2, -0.15) is 5.10 Å². The molecule has 0 unspecified atom stereocenters. The van der Waals surface area contributed by atoms with Crippen molar-refractivity contribution in [3.05, 3.63) is 16.4 Å². The summed E-state index contributed by atoms with van der Waals surface area (Å²) in [5.74, 6) is -0.692. The van der Waals surface area contributed by atoms with Crippen molar-refractivity contribution in [2.75, 3.05) is 0 Å². The van der Waals surface area contributed by atoms with Gasteiger partial charge in [-0.15, -0.1) is 0 Å². The molecule has 0 aliphatic heterocycles. The van der Waals surface area contributed by atoms with E-state index in [9.17, 15) is 9.90 Å². The third kappa shape index (κ3) is 2.64. The van der Waals surface area contributed by atoms with Crippen LogP contribution in [-0.2, 0) is 24.7 Å². The summed E-state index contributed by atoms with van der Waals surface area (Å²) in [4.78, 5) is 11.7. The molecule has 0 bridgehead atoms. The maximum atomic E-state index is 11.7. The van der Waals surface area contributed by atoms with Crippen LogP contribution in [0.25, 0.3) is 0 Å². The quantitative estimate of drug-likeness (QED) is 0.924. The van der Waals surface area contributed by atoms with E-state index in [1.54, 1.807) is 4.68 Å². The standard InChI is InChI=1S/C14H21ClN2O2/c1-3-10-12(15)11(17(2)16-10)9-14(13(18)19)7-5-4-6-8-14/h3-9H2,1-2H3,(H,18,19). The first-order valence-corrected chi connectivity index (χ1v) is 7.31. The van der Waals surface area contributed by atoms with Gasteiger partial charge in [-0.1, -0.05) is 37.8 Å². The Morgan fingerprint density at radius 3 is 2.53 bits per heavy atom. The number of rotatable bonds is 4. The van der Waals surface area contributed by atoms with Crippen LogP contribution in [0.5, 0.6) is 0 Å². The molecule has 4 nitrogen and oxygen atoms in total. The zero-order valence-electron chi connectivity index (χ0n) is 11.6. The summed E-state index contributed by atoms with van der Waals surface area (Å²) < 4.78 is 1.75. The summed E-state index contributed by atoms with van der Waals surface area (Å²) in [5, 5.41) is 14.6. The van der Waals surface area contributed by atoms with E-state index in [-0.39, 0.29) is 0 Å². The number of hydrogen-bond donors (Lipinski definition) is 1. The predicted molar refractivity (Wildman–Crippen MR) is 74.5 cm³/mol. The maximum absolute atomic E-state index is 11.7. The van der Waals surface area contributed by atoms with E-state index in [0.29, 0.717) is 11.4 Å². The highest BCUT2D eigenvalue weighted by Crippen LogP contribution is 2.41. The van der Waals surface area contributed by atoms with E-state index < -0.39 is 11.4 Å². The fourth-order valence-corrected chi connectivity index (χ4v) is 3.39. The van der Waals surface area contributed by atoms with Crippen molar-refractivity contribution in [3.8, 4) is 0 Å². The topological polar surface area (TPSA) is 55.1 Å². The molecule has 5 heteroatoms. The molecule has 1 fully saturated rings. The fourth-order valence-electron chi connectivity index (χ4n) is 3.03. The van der Waals surface area contributed by atoms with Gasteiger partial charge in [0, 0.05) is 13.5 Å². The SMILES string of the molecule is CCc1nn(C)c(CC2(C(=O)O)CCCCC2)c1Cl. The van der Waals surface area contributed by atoms with Crippen LogP contribution in [0.2, 0.25) is 5.02 Å². The van der Waals surface area contributed by atoms with E-state index in [1.807, 2.05) is 14.0 Å². The number of carboxylic acids is 1. The first-order chi connectivity index (χ1) is 9.00. The number of nitrogens with zero attached hydrogens (tertiary/aromatic N) is 2. The van der Waals surface area contributed by atoms with Gasteiger partial charge < -0.3 is 5.11 Å². The number of aliphatic carboxylic acids is 1. The number of hydrogen-bond acceptors (Lipinski definition) is 2. The average Bonchev–Trinajstić information content (AvgIpc) is 2.67. The molecule has 1 heterocycles. The van der Waals surface area contributed by atoms with Crippen molar-refractivity contribution < 1.29 is 9.90 Å². The minimum Gasteiger partial charge on any atom is -0.481 e. The molecule has 1 aliphatic carbocycles. The Morgan fingerprint density at radius 2 is 2.05 bits per heavy atom. The number of carbonyl (C=O) groups is 1. The van der Waals surface area contributed by atoms with Crippen molar-refractivity contribution in [2.24, 2.45) is 12.5 Å². The maximum Gasteiger partial charge on any atom is 0.310 e. The molecule has 19 heavy (non-hydrogen) atoms.